The molecule has 1 aliphatic rings. The number of rotatable bonds is 1. The van der Waals surface area contributed by atoms with Gasteiger partial charge in [0.25, 0.3) is 0 Å². The summed E-state index contributed by atoms with van der Waals surface area (Å²) >= 11 is 0. The molecule has 1 fully saturated rings. The highest BCUT2D eigenvalue weighted by molar-refractivity contribution is 5.79. The number of benzene rings is 1. The van der Waals surface area contributed by atoms with E-state index < -0.39 is 0 Å². The van der Waals surface area contributed by atoms with Gasteiger partial charge in [0.05, 0.1) is 5.54 Å². The number of hydrogen-bond donors (Lipinski definition) is 1. The van der Waals surface area contributed by atoms with Crippen LogP contribution in [0.3, 0.4) is 0 Å². The first-order valence-corrected chi connectivity index (χ1v) is 4.57. The summed E-state index contributed by atoms with van der Waals surface area (Å²) < 4.78 is 0. The first-order chi connectivity index (χ1) is 6.21. The number of nitrogens with one attached hydrogen (secondary N) is 1. The lowest BCUT2D eigenvalue weighted by molar-refractivity contribution is -0.119. The van der Waals surface area contributed by atoms with Gasteiger partial charge in [-0.05, 0) is 18.9 Å². The van der Waals surface area contributed by atoms with Crippen LogP contribution in [0.4, 0.5) is 0 Å². The van der Waals surface area contributed by atoms with Gasteiger partial charge >= 0.3 is 0 Å². The molecule has 0 aromatic heterocycles. The Balaban J connectivity index is 2.31. The first-order valence-electron chi connectivity index (χ1n) is 4.57. The molecule has 0 bridgehead atoms. The van der Waals surface area contributed by atoms with Gasteiger partial charge in [-0.1, -0.05) is 30.3 Å². The number of amides is 1. The summed E-state index contributed by atoms with van der Waals surface area (Å²) in [5, 5.41) is 3.01. The molecule has 1 aliphatic heterocycles. The zero-order valence-corrected chi connectivity index (χ0v) is 7.71. The maximum Gasteiger partial charge on any atom is 0.220 e. The van der Waals surface area contributed by atoms with E-state index in [1.165, 1.54) is 5.56 Å². The molecule has 1 aromatic carbocycles. The Bertz CT molecular complexity index is 320. The second-order valence-electron chi connectivity index (χ2n) is 3.75. The summed E-state index contributed by atoms with van der Waals surface area (Å²) in [7, 11) is 0. The van der Waals surface area contributed by atoms with Gasteiger partial charge in [-0.3, -0.25) is 4.79 Å². The number of carbonyl (C=O) groups excluding carboxylic acids is 1. The Morgan fingerprint density at radius 3 is 2.54 bits per heavy atom. The van der Waals surface area contributed by atoms with E-state index in [2.05, 4.69) is 24.4 Å². The van der Waals surface area contributed by atoms with Gasteiger partial charge in [-0.2, -0.15) is 0 Å². The molecule has 13 heavy (non-hydrogen) atoms. The van der Waals surface area contributed by atoms with Crippen molar-refractivity contribution in [3.8, 4) is 0 Å². The summed E-state index contributed by atoms with van der Waals surface area (Å²) in [6, 6.07) is 10.1. The van der Waals surface area contributed by atoms with Gasteiger partial charge in [0, 0.05) is 6.42 Å². The molecular formula is C11H13NO. The minimum Gasteiger partial charge on any atom is -0.347 e. The van der Waals surface area contributed by atoms with E-state index in [1.54, 1.807) is 0 Å². The average Bonchev–Trinajstić information content (AvgIpc) is 2.49. The molecule has 1 amide bonds. The molecule has 1 aromatic rings. The SMILES string of the molecule is CC1(c2ccccc2)CCC(=O)N1. The van der Waals surface area contributed by atoms with Crippen molar-refractivity contribution in [3.05, 3.63) is 35.9 Å². The second kappa shape index (κ2) is 2.87. The fraction of sp³-hybridized carbons (Fsp3) is 0.364. The van der Waals surface area contributed by atoms with Crippen LogP contribution in [0.25, 0.3) is 0 Å². The monoisotopic (exact) mass is 175 g/mol. The van der Waals surface area contributed by atoms with Crippen LogP contribution < -0.4 is 5.32 Å². The Labute approximate surface area is 78.0 Å². The van der Waals surface area contributed by atoms with Crippen molar-refractivity contribution in [1.82, 2.24) is 5.32 Å². The molecule has 68 valence electrons. The molecule has 2 heteroatoms. The summed E-state index contributed by atoms with van der Waals surface area (Å²) in [4.78, 5) is 11.1. The highest BCUT2D eigenvalue weighted by Crippen LogP contribution is 2.30. The topological polar surface area (TPSA) is 29.1 Å². The summed E-state index contributed by atoms with van der Waals surface area (Å²) in [5.41, 5.74) is 1.05. The first kappa shape index (κ1) is 8.30. The van der Waals surface area contributed by atoms with Crippen LogP contribution in [-0.4, -0.2) is 5.91 Å². The highest BCUT2D eigenvalue weighted by atomic mass is 16.2. The molecule has 0 radical (unpaired) electrons. The van der Waals surface area contributed by atoms with E-state index in [0.29, 0.717) is 6.42 Å². The van der Waals surface area contributed by atoms with Crippen LogP contribution in [0.15, 0.2) is 30.3 Å². The van der Waals surface area contributed by atoms with Crippen LogP contribution >= 0.6 is 0 Å². The molecule has 1 atom stereocenters. The van der Waals surface area contributed by atoms with Crippen LogP contribution in [0.5, 0.6) is 0 Å². The molecule has 1 N–H and O–H groups in total. The Hall–Kier alpha value is -1.31. The molecule has 1 heterocycles. The normalized spacial score (nSPS) is 27.3. The lowest BCUT2D eigenvalue weighted by Gasteiger charge is -2.24. The van der Waals surface area contributed by atoms with E-state index in [-0.39, 0.29) is 11.4 Å². The van der Waals surface area contributed by atoms with Gasteiger partial charge in [0.2, 0.25) is 5.91 Å². The molecule has 0 aliphatic carbocycles. The van der Waals surface area contributed by atoms with Crippen molar-refractivity contribution >= 4 is 5.91 Å². The average molecular weight is 175 g/mol. The van der Waals surface area contributed by atoms with Crippen LogP contribution in [0.2, 0.25) is 0 Å². The highest BCUT2D eigenvalue weighted by Gasteiger charge is 2.34. The number of hydrogen-bond acceptors (Lipinski definition) is 1. The van der Waals surface area contributed by atoms with Crippen molar-refractivity contribution in [1.29, 1.82) is 0 Å². The van der Waals surface area contributed by atoms with E-state index in [1.807, 2.05) is 18.2 Å². The quantitative estimate of drug-likeness (QED) is 0.693. The lowest BCUT2D eigenvalue weighted by atomic mass is 9.91. The fourth-order valence-electron chi connectivity index (χ4n) is 1.82. The molecule has 1 saturated heterocycles. The predicted molar refractivity (Wildman–Crippen MR) is 51.2 cm³/mol. The maximum absolute atomic E-state index is 11.1. The van der Waals surface area contributed by atoms with Crippen LogP contribution in [0, 0.1) is 0 Å². The van der Waals surface area contributed by atoms with Crippen molar-refractivity contribution < 1.29 is 4.79 Å². The third-order valence-electron chi connectivity index (χ3n) is 2.68. The molecule has 0 saturated carbocycles. The van der Waals surface area contributed by atoms with E-state index in [9.17, 15) is 4.79 Å². The smallest absolute Gasteiger partial charge is 0.220 e. The molecule has 1 unspecified atom stereocenters. The third kappa shape index (κ3) is 1.44. The molecule has 0 spiro atoms. The summed E-state index contributed by atoms with van der Waals surface area (Å²) in [6.45, 7) is 2.08. The van der Waals surface area contributed by atoms with Crippen molar-refractivity contribution in [2.45, 2.75) is 25.3 Å². The summed E-state index contributed by atoms with van der Waals surface area (Å²) in [5.74, 6) is 0.159. The Kier molecular flexibility index (Phi) is 1.83. The predicted octanol–water partition coefficient (Wildman–Crippen LogP) is 1.81. The van der Waals surface area contributed by atoms with Crippen molar-refractivity contribution in [2.75, 3.05) is 0 Å². The Morgan fingerprint density at radius 2 is 2.00 bits per heavy atom. The van der Waals surface area contributed by atoms with Gasteiger partial charge < -0.3 is 5.32 Å². The zero-order chi connectivity index (χ0) is 9.31. The third-order valence-corrected chi connectivity index (χ3v) is 2.68. The second-order valence-corrected chi connectivity index (χ2v) is 3.75. The van der Waals surface area contributed by atoms with Gasteiger partial charge in [-0.15, -0.1) is 0 Å². The minimum atomic E-state index is -0.141. The standard InChI is InChI=1S/C11H13NO/c1-11(8-7-10(13)12-11)9-5-3-2-4-6-9/h2-6H,7-8H2,1H3,(H,12,13). The van der Waals surface area contributed by atoms with E-state index in [4.69, 9.17) is 0 Å². The zero-order valence-electron chi connectivity index (χ0n) is 7.71. The molecule has 2 rings (SSSR count). The minimum absolute atomic E-state index is 0.141. The Morgan fingerprint density at radius 1 is 1.31 bits per heavy atom. The van der Waals surface area contributed by atoms with E-state index in [0.717, 1.165) is 6.42 Å². The fourth-order valence-corrected chi connectivity index (χ4v) is 1.82. The van der Waals surface area contributed by atoms with Crippen molar-refractivity contribution in [3.63, 3.8) is 0 Å². The van der Waals surface area contributed by atoms with Crippen molar-refractivity contribution in [2.24, 2.45) is 0 Å². The number of carbonyl (C=O) groups is 1. The largest absolute Gasteiger partial charge is 0.347 e. The maximum atomic E-state index is 11.1. The van der Waals surface area contributed by atoms with Crippen LogP contribution in [0.1, 0.15) is 25.3 Å². The van der Waals surface area contributed by atoms with Crippen LogP contribution in [-0.2, 0) is 10.3 Å². The molecular weight excluding hydrogens is 162 g/mol. The van der Waals surface area contributed by atoms with E-state index >= 15 is 0 Å². The summed E-state index contributed by atoms with van der Waals surface area (Å²) in [6.07, 6.45) is 1.54. The molecule has 2 nitrogen and oxygen atoms in total. The van der Waals surface area contributed by atoms with Gasteiger partial charge in [0.15, 0.2) is 0 Å². The van der Waals surface area contributed by atoms with Gasteiger partial charge in [-0.25, -0.2) is 0 Å². The lowest BCUT2D eigenvalue weighted by Crippen LogP contribution is -2.35. The van der Waals surface area contributed by atoms with Gasteiger partial charge in [0.1, 0.15) is 0 Å².